The van der Waals surface area contributed by atoms with E-state index in [2.05, 4.69) is 6.08 Å². The lowest BCUT2D eigenvalue weighted by Crippen LogP contribution is -1.89. The molecule has 0 saturated carbocycles. The molecule has 0 saturated heterocycles. The molecule has 0 aliphatic carbocycles. The standard InChI is InChI=1S/C10H16O2.HNO2/c1-8(2)5-4-6-9(3)7-10(11)12;2-1-3/h5,7H,4,6H2,1-3H3,(H,11,12);(H,2,3). The fourth-order valence-electron chi connectivity index (χ4n) is 0.871. The molecular formula is C10H17NO4. The average molecular weight is 215 g/mol. The summed E-state index contributed by atoms with van der Waals surface area (Å²) in [5.74, 6) is -0.857. The van der Waals surface area contributed by atoms with Crippen LogP contribution in [0.15, 0.2) is 28.6 Å². The van der Waals surface area contributed by atoms with Gasteiger partial charge in [0.15, 0.2) is 5.34 Å². The van der Waals surface area contributed by atoms with E-state index in [0.717, 1.165) is 18.4 Å². The van der Waals surface area contributed by atoms with Crippen LogP contribution >= 0.6 is 0 Å². The van der Waals surface area contributed by atoms with Gasteiger partial charge >= 0.3 is 5.97 Å². The van der Waals surface area contributed by atoms with Crippen molar-refractivity contribution in [3.63, 3.8) is 0 Å². The van der Waals surface area contributed by atoms with Crippen LogP contribution in [-0.4, -0.2) is 16.3 Å². The van der Waals surface area contributed by atoms with Crippen LogP contribution in [0.2, 0.25) is 0 Å². The number of carboxylic acids is 1. The van der Waals surface area contributed by atoms with E-state index in [4.69, 9.17) is 15.2 Å². The Morgan fingerprint density at radius 2 is 1.80 bits per heavy atom. The van der Waals surface area contributed by atoms with Crippen molar-refractivity contribution in [2.75, 3.05) is 0 Å². The van der Waals surface area contributed by atoms with Gasteiger partial charge in [-0.15, -0.1) is 4.91 Å². The molecule has 5 nitrogen and oxygen atoms in total. The second-order valence-corrected chi connectivity index (χ2v) is 3.23. The predicted molar refractivity (Wildman–Crippen MR) is 57.6 cm³/mol. The summed E-state index contributed by atoms with van der Waals surface area (Å²) in [6, 6.07) is 0. The Labute approximate surface area is 89.0 Å². The lowest BCUT2D eigenvalue weighted by molar-refractivity contribution is -0.131. The van der Waals surface area contributed by atoms with E-state index in [1.807, 2.05) is 20.8 Å². The molecule has 2 N–H and O–H groups in total. The number of aliphatic carboxylic acids is 1. The number of nitrogens with zero attached hydrogens (tertiary/aromatic N) is 1. The number of carbonyl (C=O) groups is 1. The molecule has 0 spiro atoms. The Kier molecular flexibility index (Phi) is 11.0. The minimum atomic E-state index is -0.857. The molecule has 15 heavy (non-hydrogen) atoms. The number of carboxylic acid groups (broad SMARTS) is 1. The first kappa shape index (κ1) is 15.8. The van der Waals surface area contributed by atoms with Gasteiger partial charge in [0.25, 0.3) is 0 Å². The summed E-state index contributed by atoms with van der Waals surface area (Å²) in [5.41, 5.74) is 2.19. The maximum absolute atomic E-state index is 10.2. The van der Waals surface area contributed by atoms with E-state index in [9.17, 15) is 4.79 Å². The minimum absolute atomic E-state index is 0.831. The molecule has 0 aromatic rings. The van der Waals surface area contributed by atoms with Crippen molar-refractivity contribution in [2.45, 2.75) is 33.6 Å². The largest absolute Gasteiger partial charge is 0.478 e. The van der Waals surface area contributed by atoms with Crippen molar-refractivity contribution in [3.05, 3.63) is 28.2 Å². The molecule has 0 unspecified atom stereocenters. The van der Waals surface area contributed by atoms with E-state index in [0.29, 0.717) is 0 Å². The monoisotopic (exact) mass is 215 g/mol. The molecule has 0 heterocycles. The quantitative estimate of drug-likeness (QED) is 0.326. The molecule has 0 aromatic heterocycles. The lowest BCUT2D eigenvalue weighted by Gasteiger charge is -1.95. The van der Waals surface area contributed by atoms with E-state index in [1.54, 1.807) is 0 Å². The van der Waals surface area contributed by atoms with Crippen molar-refractivity contribution in [3.8, 4) is 0 Å². The van der Waals surface area contributed by atoms with Gasteiger partial charge < -0.3 is 10.3 Å². The fourth-order valence-corrected chi connectivity index (χ4v) is 0.871. The molecule has 0 rings (SSSR count). The van der Waals surface area contributed by atoms with Crippen LogP contribution in [0.1, 0.15) is 33.6 Å². The highest BCUT2D eigenvalue weighted by Crippen LogP contribution is 2.05. The first-order valence-electron chi connectivity index (χ1n) is 4.44. The zero-order chi connectivity index (χ0) is 12.3. The molecule has 86 valence electrons. The number of hydrogen-bond donors (Lipinski definition) is 2. The van der Waals surface area contributed by atoms with Gasteiger partial charge in [-0.3, -0.25) is 0 Å². The van der Waals surface area contributed by atoms with Gasteiger partial charge in [-0.1, -0.05) is 17.2 Å². The summed E-state index contributed by atoms with van der Waals surface area (Å²) in [7, 11) is 0. The Bertz CT molecular complexity index is 252. The van der Waals surface area contributed by atoms with Crippen molar-refractivity contribution in [2.24, 2.45) is 5.34 Å². The molecule has 0 aromatic carbocycles. The molecule has 5 heteroatoms. The van der Waals surface area contributed by atoms with Crippen molar-refractivity contribution in [1.82, 2.24) is 0 Å². The maximum atomic E-state index is 10.2. The Morgan fingerprint density at radius 3 is 2.13 bits per heavy atom. The summed E-state index contributed by atoms with van der Waals surface area (Å²) < 4.78 is 0. The van der Waals surface area contributed by atoms with E-state index in [-0.39, 0.29) is 0 Å². The molecule has 0 amide bonds. The zero-order valence-corrected chi connectivity index (χ0v) is 9.23. The van der Waals surface area contributed by atoms with Gasteiger partial charge in [-0.2, -0.15) is 0 Å². The van der Waals surface area contributed by atoms with Crippen molar-refractivity contribution < 1.29 is 15.1 Å². The Morgan fingerprint density at radius 1 is 1.33 bits per heavy atom. The smallest absolute Gasteiger partial charge is 0.328 e. The first-order valence-corrected chi connectivity index (χ1v) is 4.44. The third-order valence-electron chi connectivity index (χ3n) is 1.46. The van der Waals surface area contributed by atoms with E-state index >= 15 is 0 Å². The van der Waals surface area contributed by atoms with Crippen molar-refractivity contribution >= 4 is 5.97 Å². The normalized spacial score (nSPS) is 9.67. The molecule has 0 aliphatic heterocycles. The zero-order valence-electron chi connectivity index (χ0n) is 9.23. The van der Waals surface area contributed by atoms with Crippen LogP contribution in [0.25, 0.3) is 0 Å². The van der Waals surface area contributed by atoms with Crippen LogP contribution in [0.3, 0.4) is 0 Å². The highest BCUT2D eigenvalue weighted by Gasteiger charge is 1.92. The Balaban J connectivity index is 0. The van der Waals surface area contributed by atoms with E-state index < -0.39 is 5.97 Å². The van der Waals surface area contributed by atoms with Crippen LogP contribution in [0.5, 0.6) is 0 Å². The molecular weight excluding hydrogens is 198 g/mol. The SMILES string of the molecule is CC(C)=CCCC(C)=CC(=O)O.O=NO. The van der Waals surface area contributed by atoms with Crippen LogP contribution < -0.4 is 0 Å². The highest BCUT2D eigenvalue weighted by atomic mass is 16.6. The first-order chi connectivity index (χ1) is 6.93. The predicted octanol–water partition coefficient (Wildman–Crippen LogP) is 2.91. The van der Waals surface area contributed by atoms with Gasteiger partial charge in [-0.05, 0) is 33.6 Å². The summed E-state index contributed by atoms with van der Waals surface area (Å²) in [6.45, 7) is 5.92. The summed E-state index contributed by atoms with van der Waals surface area (Å²) >= 11 is 0. The van der Waals surface area contributed by atoms with Crippen molar-refractivity contribution in [1.29, 1.82) is 0 Å². The molecule has 0 aliphatic rings. The van der Waals surface area contributed by atoms with Crippen LogP contribution in [0, 0.1) is 4.91 Å². The molecule has 0 bridgehead atoms. The van der Waals surface area contributed by atoms with Gasteiger partial charge in [0.1, 0.15) is 0 Å². The van der Waals surface area contributed by atoms with Crippen LogP contribution in [0.4, 0.5) is 0 Å². The third-order valence-corrected chi connectivity index (χ3v) is 1.46. The van der Waals surface area contributed by atoms with Gasteiger partial charge in [0.05, 0.1) is 0 Å². The summed E-state index contributed by atoms with van der Waals surface area (Å²) in [4.78, 5) is 18.3. The number of hydrogen-bond acceptors (Lipinski definition) is 3. The lowest BCUT2D eigenvalue weighted by atomic mass is 10.1. The van der Waals surface area contributed by atoms with E-state index in [1.165, 1.54) is 17.0 Å². The maximum Gasteiger partial charge on any atom is 0.328 e. The average Bonchev–Trinajstić information content (AvgIpc) is 2.02. The third kappa shape index (κ3) is 19.0. The van der Waals surface area contributed by atoms with Gasteiger partial charge in [-0.25, -0.2) is 4.79 Å². The van der Waals surface area contributed by atoms with Crippen LogP contribution in [-0.2, 0) is 4.79 Å². The fraction of sp³-hybridized carbons (Fsp3) is 0.500. The topological polar surface area (TPSA) is 87.0 Å². The molecule has 0 radical (unpaired) electrons. The number of rotatable bonds is 4. The summed E-state index contributed by atoms with van der Waals surface area (Å²) in [6.07, 6.45) is 5.13. The molecule has 0 atom stereocenters. The number of allylic oxidation sites excluding steroid dienone is 3. The highest BCUT2D eigenvalue weighted by molar-refractivity contribution is 5.80. The summed E-state index contributed by atoms with van der Waals surface area (Å²) in [5, 5.41) is 16.3. The molecule has 0 fully saturated rings. The van der Waals surface area contributed by atoms with Gasteiger partial charge in [0.2, 0.25) is 0 Å². The minimum Gasteiger partial charge on any atom is -0.478 e. The second kappa shape index (κ2) is 10.4. The second-order valence-electron chi connectivity index (χ2n) is 3.23. The Hall–Kier alpha value is -1.65. The van der Waals surface area contributed by atoms with Gasteiger partial charge in [0, 0.05) is 6.08 Å².